The molecule has 158 valence electrons. The second-order valence-corrected chi connectivity index (χ2v) is 7.25. The largest absolute Gasteiger partial charge is 0.356 e. The van der Waals surface area contributed by atoms with Gasteiger partial charge >= 0.3 is 0 Å². The van der Waals surface area contributed by atoms with Crippen LogP contribution >= 0.6 is 24.0 Å². The molecule has 7 heteroatoms. The van der Waals surface area contributed by atoms with E-state index in [0.29, 0.717) is 6.04 Å². The fourth-order valence-electron chi connectivity index (χ4n) is 3.54. The minimum absolute atomic E-state index is 0. The van der Waals surface area contributed by atoms with E-state index in [1.54, 1.807) is 19.2 Å². The average molecular weight is 511 g/mol. The van der Waals surface area contributed by atoms with Crippen LogP contribution in [0.25, 0.3) is 0 Å². The Balaban J connectivity index is 0.00000300. The molecule has 0 radical (unpaired) electrons. The average Bonchev–Trinajstić information content (AvgIpc) is 2.72. The molecule has 0 amide bonds. The summed E-state index contributed by atoms with van der Waals surface area (Å²) >= 11 is 0. The Bertz CT molecular complexity index is 748. The van der Waals surface area contributed by atoms with Crippen LogP contribution in [-0.4, -0.2) is 48.6 Å². The number of halogens is 2. The molecule has 1 saturated heterocycles. The Labute approximate surface area is 190 Å². The summed E-state index contributed by atoms with van der Waals surface area (Å²) in [6.07, 6.45) is 5.83. The van der Waals surface area contributed by atoms with E-state index < -0.39 is 0 Å². The third-order valence-electron chi connectivity index (χ3n) is 5.09. The monoisotopic (exact) mass is 511 g/mol. The quantitative estimate of drug-likeness (QED) is 0.258. The van der Waals surface area contributed by atoms with Gasteiger partial charge in [-0.1, -0.05) is 18.2 Å². The molecule has 0 unspecified atom stereocenters. The topological polar surface area (TPSA) is 52.6 Å². The van der Waals surface area contributed by atoms with E-state index in [-0.39, 0.29) is 29.8 Å². The molecule has 2 N–H and O–H groups in total. The van der Waals surface area contributed by atoms with Gasteiger partial charge in [0, 0.05) is 45.5 Å². The minimum atomic E-state index is -0.169. The van der Waals surface area contributed by atoms with Crippen molar-refractivity contribution in [3.63, 3.8) is 0 Å². The molecule has 0 aliphatic carbocycles. The number of hydrogen-bond donors (Lipinski definition) is 2. The van der Waals surface area contributed by atoms with Gasteiger partial charge in [-0.05, 0) is 55.5 Å². The predicted molar refractivity (Wildman–Crippen MR) is 127 cm³/mol. The van der Waals surface area contributed by atoms with Crippen molar-refractivity contribution in [2.45, 2.75) is 38.3 Å². The van der Waals surface area contributed by atoms with Crippen LogP contribution in [0.2, 0.25) is 0 Å². The van der Waals surface area contributed by atoms with Gasteiger partial charge in [-0.15, -0.1) is 24.0 Å². The highest BCUT2D eigenvalue weighted by Crippen LogP contribution is 2.13. The molecular weight excluding hydrogens is 480 g/mol. The number of benzene rings is 1. The Morgan fingerprint density at radius 3 is 2.72 bits per heavy atom. The Hall–Kier alpha value is -1.74. The van der Waals surface area contributed by atoms with Crippen molar-refractivity contribution in [3.8, 4) is 0 Å². The summed E-state index contributed by atoms with van der Waals surface area (Å²) in [6.45, 7) is 3.85. The van der Waals surface area contributed by atoms with E-state index in [0.717, 1.165) is 69.1 Å². The summed E-state index contributed by atoms with van der Waals surface area (Å²) in [5.41, 5.74) is 2.16. The van der Waals surface area contributed by atoms with Crippen molar-refractivity contribution in [2.75, 3.05) is 26.7 Å². The number of guanidine groups is 1. The summed E-state index contributed by atoms with van der Waals surface area (Å²) in [5.74, 6) is 0.680. The molecule has 1 aromatic carbocycles. The van der Waals surface area contributed by atoms with Crippen molar-refractivity contribution >= 4 is 29.9 Å². The molecule has 1 fully saturated rings. The minimum Gasteiger partial charge on any atom is -0.356 e. The molecule has 29 heavy (non-hydrogen) atoms. The van der Waals surface area contributed by atoms with E-state index in [4.69, 9.17) is 0 Å². The highest BCUT2D eigenvalue weighted by atomic mass is 127. The van der Waals surface area contributed by atoms with Crippen LogP contribution in [0.15, 0.2) is 53.7 Å². The number of piperidine rings is 1. The summed E-state index contributed by atoms with van der Waals surface area (Å²) in [5, 5.41) is 6.91. The molecule has 0 bridgehead atoms. The molecular formula is C22H31FIN5. The van der Waals surface area contributed by atoms with Crippen LogP contribution in [0.1, 0.15) is 30.5 Å². The maximum atomic E-state index is 13.2. The van der Waals surface area contributed by atoms with Gasteiger partial charge in [0.2, 0.25) is 0 Å². The molecule has 5 nitrogen and oxygen atoms in total. The third kappa shape index (κ3) is 8.26. The van der Waals surface area contributed by atoms with Crippen LogP contribution in [0.3, 0.4) is 0 Å². The van der Waals surface area contributed by atoms with E-state index in [2.05, 4.69) is 31.6 Å². The first kappa shape index (κ1) is 23.5. The Kier molecular flexibility index (Phi) is 10.3. The molecule has 1 aromatic heterocycles. The second-order valence-electron chi connectivity index (χ2n) is 7.25. The van der Waals surface area contributed by atoms with Crippen LogP contribution in [-0.2, 0) is 13.0 Å². The molecule has 1 aliphatic heterocycles. The Morgan fingerprint density at radius 2 is 2.03 bits per heavy atom. The number of nitrogens with zero attached hydrogens (tertiary/aromatic N) is 3. The van der Waals surface area contributed by atoms with Crippen molar-refractivity contribution in [3.05, 3.63) is 65.7 Å². The van der Waals surface area contributed by atoms with Gasteiger partial charge < -0.3 is 10.6 Å². The van der Waals surface area contributed by atoms with Crippen LogP contribution in [0.5, 0.6) is 0 Å². The summed E-state index contributed by atoms with van der Waals surface area (Å²) in [4.78, 5) is 11.2. The maximum absolute atomic E-state index is 13.2. The predicted octanol–water partition coefficient (Wildman–Crippen LogP) is 3.60. The second kappa shape index (κ2) is 12.7. The summed E-state index contributed by atoms with van der Waals surface area (Å²) in [6, 6.07) is 13.3. The van der Waals surface area contributed by atoms with Gasteiger partial charge in [-0.3, -0.25) is 14.9 Å². The van der Waals surface area contributed by atoms with Crippen LogP contribution in [0.4, 0.5) is 4.39 Å². The van der Waals surface area contributed by atoms with Gasteiger partial charge in [0.15, 0.2) is 5.96 Å². The number of nitrogens with one attached hydrogen (secondary N) is 2. The smallest absolute Gasteiger partial charge is 0.191 e. The van der Waals surface area contributed by atoms with E-state index in [1.165, 1.54) is 6.07 Å². The van der Waals surface area contributed by atoms with Crippen LogP contribution in [0, 0.1) is 5.82 Å². The fourth-order valence-corrected chi connectivity index (χ4v) is 3.54. The number of rotatable bonds is 7. The van der Waals surface area contributed by atoms with Crippen molar-refractivity contribution in [2.24, 2.45) is 4.99 Å². The summed E-state index contributed by atoms with van der Waals surface area (Å²) in [7, 11) is 1.80. The normalized spacial score (nSPS) is 15.6. The van der Waals surface area contributed by atoms with Crippen molar-refractivity contribution in [1.82, 2.24) is 20.5 Å². The first-order chi connectivity index (χ1) is 13.7. The number of pyridine rings is 1. The zero-order valence-electron chi connectivity index (χ0n) is 17.0. The third-order valence-corrected chi connectivity index (χ3v) is 5.09. The molecule has 1 aliphatic rings. The zero-order chi connectivity index (χ0) is 19.6. The van der Waals surface area contributed by atoms with Crippen LogP contribution < -0.4 is 10.6 Å². The lowest BCUT2D eigenvalue weighted by atomic mass is 10.0. The first-order valence-corrected chi connectivity index (χ1v) is 10.1. The lowest BCUT2D eigenvalue weighted by Gasteiger charge is -2.32. The molecule has 0 saturated carbocycles. The SMILES string of the molecule is CN=C(NCCCc1cccc(F)c1)NC1CCN(Cc2ccccn2)CC1.I. The maximum Gasteiger partial charge on any atom is 0.191 e. The first-order valence-electron chi connectivity index (χ1n) is 10.1. The molecule has 3 rings (SSSR count). The van der Waals surface area contributed by atoms with E-state index in [1.807, 2.05) is 24.4 Å². The number of aryl methyl sites for hydroxylation is 1. The van der Waals surface area contributed by atoms with E-state index in [9.17, 15) is 4.39 Å². The van der Waals surface area contributed by atoms with Gasteiger partial charge in [0.05, 0.1) is 5.69 Å². The van der Waals surface area contributed by atoms with Gasteiger partial charge in [0.1, 0.15) is 5.82 Å². The van der Waals surface area contributed by atoms with E-state index >= 15 is 0 Å². The summed E-state index contributed by atoms with van der Waals surface area (Å²) < 4.78 is 13.2. The molecule has 0 atom stereocenters. The lowest BCUT2D eigenvalue weighted by Crippen LogP contribution is -2.48. The highest BCUT2D eigenvalue weighted by Gasteiger charge is 2.20. The number of aromatic nitrogens is 1. The zero-order valence-corrected chi connectivity index (χ0v) is 19.3. The molecule has 2 aromatic rings. The van der Waals surface area contributed by atoms with Crippen molar-refractivity contribution < 1.29 is 4.39 Å². The van der Waals surface area contributed by atoms with Gasteiger partial charge in [0.25, 0.3) is 0 Å². The number of likely N-dealkylation sites (tertiary alicyclic amines) is 1. The van der Waals surface area contributed by atoms with Gasteiger partial charge in [-0.25, -0.2) is 4.39 Å². The fraction of sp³-hybridized carbons (Fsp3) is 0.455. The molecule has 2 heterocycles. The Morgan fingerprint density at radius 1 is 1.21 bits per heavy atom. The van der Waals surface area contributed by atoms with Gasteiger partial charge in [-0.2, -0.15) is 0 Å². The number of hydrogen-bond acceptors (Lipinski definition) is 3. The lowest BCUT2D eigenvalue weighted by molar-refractivity contribution is 0.196. The van der Waals surface area contributed by atoms with Crippen molar-refractivity contribution in [1.29, 1.82) is 0 Å². The number of aliphatic imine (C=N–C) groups is 1. The standard InChI is InChI=1S/C22H30FN5.HI/c1-24-22(26-13-5-7-18-6-4-8-19(23)16-18)27-20-10-14-28(15-11-20)17-21-9-2-3-12-25-21;/h2-4,6,8-9,12,16,20H,5,7,10-11,13-15,17H2,1H3,(H2,24,26,27);1H. The molecule has 0 spiro atoms. The highest BCUT2D eigenvalue weighted by molar-refractivity contribution is 14.0.